The number of rotatable bonds is 5. The smallest absolute Gasteiger partial charge is 0.273 e. The van der Waals surface area contributed by atoms with Gasteiger partial charge in [-0.3, -0.25) is 4.79 Å². The Balaban J connectivity index is 1.93. The Morgan fingerprint density at radius 1 is 1.42 bits per heavy atom. The lowest BCUT2D eigenvalue weighted by Gasteiger charge is -2.03. The minimum absolute atomic E-state index is 0.232. The van der Waals surface area contributed by atoms with Gasteiger partial charge in [-0.2, -0.15) is 0 Å². The molecule has 0 unspecified atom stereocenters. The average molecular weight is 371 g/mol. The predicted molar refractivity (Wildman–Crippen MR) is 79.6 cm³/mol. The van der Waals surface area contributed by atoms with Crippen molar-refractivity contribution >= 4 is 28.5 Å². The van der Waals surface area contributed by atoms with Crippen LogP contribution in [0, 0.1) is 3.57 Å². The molecule has 100 valence electrons. The molecule has 0 spiro atoms. The van der Waals surface area contributed by atoms with Gasteiger partial charge in [0.05, 0.1) is 6.54 Å². The van der Waals surface area contributed by atoms with Crippen LogP contribution in [0.25, 0.3) is 0 Å². The van der Waals surface area contributed by atoms with Crippen LogP contribution in [0.2, 0.25) is 0 Å². The monoisotopic (exact) mass is 371 g/mol. The third kappa shape index (κ3) is 4.03. The first-order valence-electron chi connectivity index (χ1n) is 5.80. The SMILES string of the molecule is CNCc1nc(C(=O)NCc2cccc(I)c2)co1. The van der Waals surface area contributed by atoms with Crippen molar-refractivity contribution < 1.29 is 9.21 Å². The van der Waals surface area contributed by atoms with E-state index >= 15 is 0 Å². The van der Waals surface area contributed by atoms with E-state index in [0.717, 1.165) is 9.13 Å². The molecule has 2 rings (SSSR count). The second-order valence-electron chi connectivity index (χ2n) is 3.97. The maximum Gasteiger partial charge on any atom is 0.273 e. The van der Waals surface area contributed by atoms with Crippen LogP contribution in [0.4, 0.5) is 0 Å². The van der Waals surface area contributed by atoms with Crippen LogP contribution in [0.3, 0.4) is 0 Å². The van der Waals surface area contributed by atoms with E-state index in [1.165, 1.54) is 6.26 Å². The standard InChI is InChI=1S/C13H14IN3O2/c1-15-7-12-17-11(8-19-12)13(18)16-6-9-3-2-4-10(14)5-9/h2-5,8,15H,6-7H2,1H3,(H,16,18). The molecule has 6 heteroatoms. The number of amides is 1. The number of oxazole rings is 1. The highest BCUT2D eigenvalue weighted by Gasteiger charge is 2.11. The summed E-state index contributed by atoms with van der Waals surface area (Å²) in [5, 5.41) is 5.72. The van der Waals surface area contributed by atoms with Gasteiger partial charge in [-0.1, -0.05) is 12.1 Å². The zero-order chi connectivity index (χ0) is 13.7. The van der Waals surface area contributed by atoms with Crippen molar-refractivity contribution in [1.82, 2.24) is 15.6 Å². The fourth-order valence-corrected chi connectivity index (χ4v) is 2.18. The van der Waals surface area contributed by atoms with Gasteiger partial charge in [0.15, 0.2) is 5.69 Å². The number of halogens is 1. The first kappa shape index (κ1) is 14.0. The van der Waals surface area contributed by atoms with E-state index in [-0.39, 0.29) is 5.91 Å². The van der Waals surface area contributed by atoms with Gasteiger partial charge >= 0.3 is 0 Å². The molecule has 1 aromatic carbocycles. The van der Waals surface area contributed by atoms with Crippen molar-refractivity contribution in [3.63, 3.8) is 0 Å². The van der Waals surface area contributed by atoms with Crippen molar-refractivity contribution in [3.8, 4) is 0 Å². The van der Waals surface area contributed by atoms with E-state index < -0.39 is 0 Å². The molecule has 0 aliphatic carbocycles. The minimum Gasteiger partial charge on any atom is -0.447 e. The van der Waals surface area contributed by atoms with Crippen molar-refractivity contribution in [2.75, 3.05) is 7.05 Å². The van der Waals surface area contributed by atoms with Gasteiger partial charge in [-0.05, 0) is 47.3 Å². The molecule has 0 aliphatic rings. The van der Waals surface area contributed by atoms with E-state index in [1.807, 2.05) is 24.3 Å². The van der Waals surface area contributed by atoms with Gasteiger partial charge in [0, 0.05) is 10.1 Å². The third-order valence-corrected chi connectivity index (χ3v) is 3.13. The van der Waals surface area contributed by atoms with Crippen LogP contribution >= 0.6 is 22.6 Å². The Morgan fingerprint density at radius 3 is 3.00 bits per heavy atom. The molecular formula is C13H14IN3O2. The summed E-state index contributed by atoms with van der Waals surface area (Å²) in [6.45, 7) is 0.980. The van der Waals surface area contributed by atoms with Crippen LogP contribution in [0.5, 0.6) is 0 Å². The zero-order valence-electron chi connectivity index (χ0n) is 10.4. The van der Waals surface area contributed by atoms with E-state index in [4.69, 9.17) is 4.42 Å². The number of carbonyl (C=O) groups is 1. The molecule has 5 nitrogen and oxygen atoms in total. The van der Waals surface area contributed by atoms with Gasteiger partial charge in [0.2, 0.25) is 5.89 Å². The Hall–Kier alpha value is -1.41. The lowest BCUT2D eigenvalue weighted by molar-refractivity contribution is 0.0946. The minimum atomic E-state index is -0.232. The summed E-state index contributed by atoms with van der Waals surface area (Å²) >= 11 is 2.24. The molecule has 0 saturated heterocycles. The maximum absolute atomic E-state index is 11.9. The number of nitrogens with zero attached hydrogens (tertiary/aromatic N) is 1. The van der Waals surface area contributed by atoms with Crippen molar-refractivity contribution in [2.45, 2.75) is 13.1 Å². The van der Waals surface area contributed by atoms with Crippen LogP contribution < -0.4 is 10.6 Å². The first-order valence-corrected chi connectivity index (χ1v) is 6.88. The number of nitrogens with one attached hydrogen (secondary N) is 2. The molecule has 1 aromatic heterocycles. The topological polar surface area (TPSA) is 67.2 Å². The number of aromatic nitrogens is 1. The molecule has 0 fully saturated rings. The number of benzene rings is 1. The summed E-state index contributed by atoms with van der Waals surface area (Å²) in [7, 11) is 1.79. The van der Waals surface area contributed by atoms with Gasteiger partial charge in [0.1, 0.15) is 6.26 Å². The Labute approximate surface area is 124 Å². The fraction of sp³-hybridized carbons (Fsp3) is 0.231. The quantitative estimate of drug-likeness (QED) is 0.789. The van der Waals surface area contributed by atoms with Gasteiger partial charge in [-0.15, -0.1) is 0 Å². The Kier molecular flexibility index (Phi) is 4.92. The van der Waals surface area contributed by atoms with E-state index in [2.05, 4.69) is 38.2 Å². The predicted octanol–water partition coefficient (Wildman–Crippen LogP) is 1.93. The second kappa shape index (κ2) is 6.67. The largest absolute Gasteiger partial charge is 0.447 e. The number of hydrogen-bond acceptors (Lipinski definition) is 4. The second-order valence-corrected chi connectivity index (χ2v) is 5.22. The van der Waals surface area contributed by atoms with Crippen LogP contribution in [0.1, 0.15) is 21.9 Å². The molecule has 0 radical (unpaired) electrons. The molecule has 0 bridgehead atoms. The number of carbonyl (C=O) groups excluding carboxylic acids is 1. The molecule has 0 aliphatic heterocycles. The Bertz CT molecular complexity index is 569. The summed E-state index contributed by atoms with van der Waals surface area (Å²) in [5.41, 5.74) is 1.36. The summed E-state index contributed by atoms with van der Waals surface area (Å²) in [6.07, 6.45) is 1.37. The molecule has 1 amide bonds. The van der Waals surface area contributed by atoms with Crippen molar-refractivity contribution in [1.29, 1.82) is 0 Å². The molecular weight excluding hydrogens is 357 g/mol. The lowest BCUT2D eigenvalue weighted by atomic mass is 10.2. The molecule has 2 N–H and O–H groups in total. The fourth-order valence-electron chi connectivity index (χ4n) is 1.57. The van der Waals surface area contributed by atoms with E-state index in [9.17, 15) is 4.79 Å². The summed E-state index contributed by atoms with van der Waals surface area (Å²) in [5.74, 6) is 0.270. The van der Waals surface area contributed by atoms with Gasteiger partial charge in [0.25, 0.3) is 5.91 Å². The first-order chi connectivity index (χ1) is 9.19. The molecule has 19 heavy (non-hydrogen) atoms. The highest BCUT2D eigenvalue weighted by Crippen LogP contribution is 2.08. The third-order valence-electron chi connectivity index (χ3n) is 2.45. The molecule has 0 saturated carbocycles. The van der Waals surface area contributed by atoms with E-state index in [0.29, 0.717) is 24.7 Å². The highest BCUT2D eigenvalue weighted by atomic mass is 127. The Morgan fingerprint density at radius 2 is 2.26 bits per heavy atom. The lowest BCUT2D eigenvalue weighted by Crippen LogP contribution is -2.23. The van der Waals surface area contributed by atoms with Gasteiger partial charge in [-0.25, -0.2) is 4.98 Å². The normalized spacial score (nSPS) is 10.4. The van der Waals surface area contributed by atoms with Crippen LogP contribution in [0.15, 0.2) is 34.9 Å². The van der Waals surface area contributed by atoms with Gasteiger partial charge < -0.3 is 15.1 Å². The molecule has 2 aromatic rings. The zero-order valence-corrected chi connectivity index (χ0v) is 12.6. The maximum atomic E-state index is 11.9. The summed E-state index contributed by atoms with van der Waals surface area (Å²) < 4.78 is 6.30. The van der Waals surface area contributed by atoms with Crippen molar-refractivity contribution in [2.24, 2.45) is 0 Å². The van der Waals surface area contributed by atoms with Crippen LogP contribution in [-0.4, -0.2) is 17.9 Å². The highest BCUT2D eigenvalue weighted by molar-refractivity contribution is 14.1. The summed E-state index contributed by atoms with van der Waals surface area (Å²) in [4.78, 5) is 16.0. The average Bonchev–Trinajstić information content (AvgIpc) is 2.85. The van der Waals surface area contributed by atoms with Crippen molar-refractivity contribution in [3.05, 3.63) is 51.2 Å². The molecule has 0 atom stereocenters. The molecule has 1 heterocycles. The summed E-state index contributed by atoms with van der Waals surface area (Å²) in [6, 6.07) is 7.96. The van der Waals surface area contributed by atoms with Crippen LogP contribution in [-0.2, 0) is 13.1 Å². The van der Waals surface area contributed by atoms with E-state index in [1.54, 1.807) is 7.05 Å². The number of hydrogen-bond donors (Lipinski definition) is 2.